The Kier molecular flexibility index (Phi) is 7.60. The van der Waals surface area contributed by atoms with Gasteiger partial charge in [0, 0.05) is 35.0 Å². The van der Waals surface area contributed by atoms with E-state index in [4.69, 9.17) is 22.0 Å². The predicted octanol–water partition coefficient (Wildman–Crippen LogP) is -2.83. The molecule has 4 rings (SSSR count). The molecule has 2 unspecified atom stereocenters. The quantitative estimate of drug-likeness (QED) is 0.0597. The van der Waals surface area contributed by atoms with Gasteiger partial charge in [0.25, 0.3) is 5.91 Å². The average molecular weight is 569 g/mol. The summed E-state index contributed by atoms with van der Waals surface area (Å²) in [5.41, 5.74) is 15.7. The van der Waals surface area contributed by atoms with Gasteiger partial charge in [-0.05, 0) is 6.92 Å². The number of carbonyl (C=O) groups excluding carboxylic acids is 3. The van der Waals surface area contributed by atoms with Crippen molar-refractivity contribution in [3.63, 3.8) is 0 Å². The largest absolute Gasteiger partial charge is 0.549 e. The fraction of sp³-hybridized carbons (Fsp3) is 0.474. The summed E-state index contributed by atoms with van der Waals surface area (Å²) >= 11 is 3.28. The molecule has 2 aromatic rings. The fourth-order valence-corrected chi connectivity index (χ4v) is 6.95. The highest BCUT2D eigenvalue weighted by molar-refractivity contribution is 8.00. The van der Waals surface area contributed by atoms with Crippen molar-refractivity contribution in [2.75, 3.05) is 41.9 Å². The lowest BCUT2D eigenvalue weighted by Crippen LogP contribution is -2.75. The summed E-state index contributed by atoms with van der Waals surface area (Å²) in [4.78, 5) is 52.7. The number of carbonyl (C=O) groups is 3. The molecule has 0 saturated carbocycles. The number of amides is 2. The molecule has 18 heteroatoms. The minimum absolute atomic E-state index is 0.0228. The van der Waals surface area contributed by atoms with E-state index in [9.17, 15) is 19.5 Å². The van der Waals surface area contributed by atoms with Crippen LogP contribution in [0.2, 0.25) is 0 Å². The van der Waals surface area contributed by atoms with E-state index in [0.717, 1.165) is 23.3 Å². The highest BCUT2D eigenvalue weighted by atomic mass is 32.2. The summed E-state index contributed by atoms with van der Waals surface area (Å²) in [5, 5.41) is 18.7. The number of aromatic nitrogens is 4. The summed E-state index contributed by atoms with van der Waals surface area (Å²) < 4.78 is 5.57. The number of anilines is 3. The molecule has 37 heavy (non-hydrogen) atoms. The number of β-lactam (4-membered cyclic amide) rings is 1. The molecule has 2 fully saturated rings. The zero-order chi connectivity index (χ0) is 26.9. The Balaban J connectivity index is 1.45. The number of thioether (sulfide) groups is 2. The second-order valence-corrected chi connectivity index (χ2v) is 11.1. The lowest BCUT2D eigenvalue weighted by atomic mass is 9.89. The predicted molar refractivity (Wildman–Crippen MR) is 135 cm³/mol. The summed E-state index contributed by atoms with van der Waals surface area (Å²) in [6.07, 6.45) is 0. The molecule has 0 aromatic carbocycles. The average Bonchev–Trinajstić information content (AvgIpc) is 3.29. The lowest BCUT2D eigenvalue weighted by molar-refractivity contribution is -0.698. The summed E-state index contributed by atoms with van der Waals surface area (Å²) in [5.74, 6) is -1.66. The molecule has 4 heterocycles. The molecule has 3 atom stereocenters. The van der Waals surface area contributed by atoms with Gasteiger partial charge in [-0.3, -0.25) is 9.59 Å². The summed E-state index contributed by atoms with van der Waals surface area (Å²) in [7, 11) is 1.69. The van der Waals surface area contributed by atoms with Crippen LogP contribution in [0.4, 0.5) is 16.8 Å². The Labute approximate surface area is 223 Å². The van der Waals surface area contributed by atoms with E-state index in [1.807, 2.05) is 0 Å². The van der Waals surface area contributed by atoms with Gasteiger partial charge in [-0.1, -0.05) is 21.9 Å². The Hall–Kier alpha value is -3.38. The Morgan fingerprint density at radius 2 is 2.16 bits per heavy atom. The standard InChI is InChI=1S/C19H24N10O5S3/c1-3-34-26-10(12-25-17(22)37-27-12)13(30)24-11-14(31)29-5-19(16(32)33,6-35-15(11)29)7-36-18-23-8(20)4-9(21)28(18)2/h4,11,15H,3,5-7H2,1-2H3,(H7,20,21,22,24,25,27,30,32,33)/t11?,15-,19?/m1/s1. The molecule has 2 amide bonds. The number of rotatable bonds is 9. The first kappa shape index (κ1) is 26.7. The van der Waals surface area contributed by atoms with E-state index in [2.05, 4.69) is 24.8 Å². The van der Waals surface area contributed by atoms with Gasteiger partial charge in [0.1, 0.15) is 18.0 Å². The van der Waals surface area contributed by atoms with Crippen molar-refractivity contribution in [1.82, 2.24) is 24.6 Å². The summed E-state index contributed by atoms with van der Waals surface area (Å²) in [6, 6.07) is 0.609. The maximum atomic E-state index is 12.9. The first-order valence-corrected chi connectivity index (χ1v) is 13.7. The number of hydrogen-bond donors (Lipinski definition) is 4. The number of nitrogen functional groups attached to an aromatic ring is 3. The summed E-state index contributed by atoms with van der Waals surface area (Å²) in [6.45, 7) is 1.80. The molecule has 7 N–H and O–H groups in total. The van der Waals surface area contributed by atoms with Crippen LogP contribution >= 0.6 is 35.1 Å². The van der Waals surface area contributed by atoms with Crippen LogP contribution in [-0.4, -0.2) is 78.8 Å². The van der Waals surface area contributed by atoms with Crippen molar-refractivity contribution in [3.8, 4) is 0 Å². The van der Waals surface area contributed by atoms with Crippen molar-refractivity contribution in [3.05, 3.63) is 11.9 Å². The van der Waals surface area contributed by atoms with Gasteiger partial charge >= 0.3 is 5.16 Å². The van der Waals surface area contributed by atoms with Crippen LogP contribution in [0.25, 0.3) is 0 Å². The number of fused-ring (bicyclic) bond motifs is 1. The zero-order valence-corrected chi connectivity index (χ0v) is 22.2. The van der Waals surface area contributed by atoms with Gasteiger partial charge in [-0.25, -0.2) is 4.57 Å². The van der Waals surface area contributed by atoms with Crippen LogP contribution in [0.5, 0.6) is 0 Å². The number of hydrogen-bond acceptors (Lipinski definition) is 15. The van der Waals surface area contributed by atoms with E-state index in [1.165, 1.54) is 22.7 Å². The van der Waals surface area contributed by atoms with E-state index < -0.39 is 34.6 Å². The third kappa shape index (κ3) is 5.21. The van der Waals surface area contributed by atoms with Crippen molar-refractivity contribution in [1.29, 1.82) is 0 Å². The smallest absolute Gasteiger partial charge is 0.300 e. The van der Waals surface area contributed by atoms with Crippen LogP contribution in [0.15, 0.2) is 16.4 Å². The van der Waals surface area contributed by atoms with E-state index in [1.54, 1.807) is 18.5 Å². The van der Waals surface area contributed by atoms with Crippen molar-refractivity contribution in [2.45, 2.75) is 23.5 Å². The third-order valence-electron chi connectivity index (χ3n) is 5.69. The normalized spacial score (nSPS) is 23.2. The van der Waals surface area contributed by atoms with Crippen LogP contribution in [0.1, 0.15) is 12.7 Å². The molecular formula is C19H24N10O5S3. The molecule has 2 aromatic heterocycles. The van der Waals surface area contributed by atoms with Crippen LogP contribution in [-0.2, 0) is 26.3 Å². The zero-order valence-electron chi connectivity index (χ0n) is 19.7. The van der Waals surface area contributed by atoms with Crippen LogP contribution < -0.4 is 32.2 Å². The Morgan fingerprint density at radius 1 is 1.41 bits per heavy atom. The van der Waals surface area contributed by atoms with Crippen molar-refractivity contribution < 1.29 is 28.9 Å². The second kappa shape index (κ2) is 10.5. The van der Waals surface area contributed by atoms with Crippen LogP contribution in [0, 0.1) is 5.41 Å². The monoisotopic (exact) mass is 568 g/mol. The third-order valence-corrected chi connectivity index (χ3v) is 9.14. The maximum Gasteiger partial charge on any atom is 0.300 e. The minimum Gasteiger partial charge on any atom is -0.549 e. The van der Waals surface area contributed by atoms with E-state index in [-0.39, 0.29) is 47.1 Å². The topological polar surface area (TPSA) is 232 Å². The van der Waals surface area contributed by atoms with Gasteiger partial charge in [-0.2, -0.15) is 9.36 Å². The number of nitrogens with two attached hydrogens (primary N) is 3. The molecule has 2 aliphatic heterocycles. The van der Waals surface area contributed by atoms with Crippen molar-refractivity contribution >= 4 is 75.3 Å². The van der Waals surface area contributed by atoms with Gasteiger partial charge in [0.2, 0.25) is 29.1 Å². The molecule has 0 radical (unpaired) electrons. The van der Waals surface area contributed by atoms with Crippen LogP contribution in [0.3, 0.4) is 0 Å². The van der Waals surface area contributed by atoms with Gasteiger partial charge in [-0.15, -0.1) is 11.8 Å². The molecule has 0 aliphatic carbocycles. The van der Waals surface area contributed by atoms with E-state index in [0.29, 0.717) is 11.0 Å². The highest BCUT2D eigenvalue weighted by Crippen LogP contribution is 2.43. The first-order valence-electron chi connectivity index (χ1n) is 10.8. The molecular weight excluding hydrogens is 544 g/mol. The molecule has 0 spiro atoms. The maximum absolute atomic E-state index is 12.9. The molecule has 2 aliphatic rings. The number of aliphatic carboxylic acids is 1. The molecule has 0 bridgehead atoms. The van der Waals surface area contributed by atoms with Gasteiger partial charge in [0.05, 0.1) is 19.1 Å². The Bertz CT molecular complexity index is 1270. The second-order valence-electron chi connectivity index (χ2n) is 8.24. The number of carboxylic acid groups (broad SMARTS) is 1. The highest BCUT2D eigenvalue weighted by Gasteiger charge is 2.56. The fourth-order valence-electron chi connectivity index (χ4n) is 3.66. The molecule has 198 valence electrons. The molecule has 15 nitrogen and oxygen atoms in total. The lowest BCUT2D eigenvalue weighted by Gasteiger charge is -2.55. The van der Waals surface area contributed by atoms with Crippen molar-refractivity contribution in [2.24, 2.45) is 17.6 Å². The first-order chi connectivity index (χ1) is 17.6. The number of carboxylic acids is 1. The van der Waals surface area contributed by atoms with Gasteiger partial charge < -0.3 is 42.2 Å². The van der Waals surface area contributed by atoms with E-state index >= 15 is 0 Å². The van der Waals surface area contributed by atoms with Gasteiger partial charge in [0.15, 0.2) is 5.13 Å². The number of nitrogens with zero attached hydrogens (tertiary/aromatic N) is 6. The molecule has 2 saturated heterocycles. The minimum atomic E-state index is -1.35. The SMILES string of the molecule is CCON=C(C(=O)NC1C(=O)N2CC(CSc3nc(N)cc(N)[n+]3C)(C(=O)[O-])CS[C@H]12)c1nsc(N)n1. The Morgan fingerprint density at radius 3 is 2.81 bits per heavy atom. The number of oxime groups is 1. The number of nitrogens with one attached hydrogen (secondary N) is 1.